The number of aryl methyl sites for hydroxylation is 1. The van der Waals surface area contributed by atoms with Crippen molar-refractivity contribution in [1.29, 1.82) is 0 Å². The van der Waals surface area contributed by atoms with E-state index < -0.39 is 10.0 Å². The Labute approximate surface area is 189 Å². The Bertz CT molecular complexity index is 919. The topological polar surface area (TPSA) is 82.6 Å². The molecule has 0 fully saturated rings. The fourth-order valence-electron chi connectivity index (χ4n) is 2.66. The molecule has 0 spiro atoms. The van der Waals surface area contributed by atoms with Crippen molar-refractivity contribution in [3.8, 4) is 0 Å². The third-order valence-electron chi connectivity index (χ3n) is 4.26. The van der Waals surface area contributed by atoms with Crippen LogP contribution >= 0.6 is 24.0 Å². The standard InChI is InChI=1S/C20H27FN4O2S.HI/c1-4-23-20(24-12-11-17-7-8-18(21)13-15(17)2)25-14-16-5-9-19(10-6-16)28(26,27)22-3;/h5-10,13,22H,4,11-12,14H2,1-3H3,(H2,23,24,25);1H. The quantitative estimate of drug-likeness (QED) is 0.277. The minimum absolute atomic E-state index is 0. The van der Waals surface area contributed by atoms with Gasteiger partial charge in [-0.3, -0.25) is 0 Å². The molecule has 0 aliphatic heterocycles. The average molecular weight is 534 g/mol. The molecule has 6 nitrogen and oxygen atoms in total. The Morgan fingerprint density at radius 3 is 2.38 bits per heavy atom. The minimum atomic E-state index is -3.43. The molecule has 2 rings (SSSR count). The molecule has 0 unspecified atom stereocenters. The molecular weight excluding hydrogens is 506 g/mol. The van der Waals surface area contributed by atoms with E-state index in [2.05, 4.69) is 20.3 Å². The van der Waals surface area contributed by atoms with Crippen LogP contribution < -0.4 is 15.4 Å². The molecule has 0 aromatic heterocycles. The molecule has 0 bridgehead atoms. The number of sulfonamides is 1. The smallest absolute Gasteiger partial charge is 0.240 e. The average Bonchev–Trinajstić information content (AvgIpc) is 2.68. The molecule has 2 aromatic carbocycles. The Balaban J connectivity index is 0.00000420. The zero-order valence-corrected chi connectivity index (χ0v) is 20.0. The van der Waals surface area contributed by atoms with Crippen molar-refractivity contribution in [2.75, 3.05) is 20.1 Å². The Kier molecular flexibility index (Phi) is 10.5. The molecule has 29 heavy (non-hydrogen) atoms. The first-order chi connectivity index (χ1) is 13.4. The van der Waals surface area contributed by atoms with Gasteiger partial charge in [0.2, 0.25) is 10.0 Å². The van der Waals surface area contributed by atoms with Crippen molar-refractivity contribution in [2.24, 2.45) is 4.99 Å². The Morgan fingerprint density at radius 1 is 1.10 bits per heavy atom. The van der Waals surface area contributed by atoms with Crippen molar-refractivity contribution >= 4 is 40.0 Å². The number of nitrogens with zero attached hydrogens (tertiary/aromatic N) is 1. The summed E-state index contributed by atoms with van der Waals surface area (Å²) in [6.45, 7) is 5.69. The summed E-state index contributed by atoms with van der Waals surface area (Å²) >= 11 is 0. The van der Waals surface area contributed by atoms with Crippen molar-refractivity contribution in [3.05, 3.63) is 65.0 Å². The van der Waals surface area contributed by atoms with E-state index in [1.165, 1.54) is 19.2 Å². The number of guanidine groups is 1. The van der Waals surface area contributed by atoms with Gasteiger partial charge in [-0.1, -0.05) is 18.2 Å². The molecule has 0 saturated carbocycles. The number of halogens is 2. The van der Waals surface area contributed by atoms with Gasteiger partial charge in [-0.05, 0) is 68.3 Å². The fraction of sp³-hybridized carbons (Fsp3) is 0.350. The molecule has 0 aliphatic rings. The van der Waals surface area contributed by atoms with Gasteiger partial charge in [0, 0.05) is 13.1 Å². The van der Waals surface area contributed by atoms with Crippen molar-refractivity contribution < 1.29 is 12.8 Å². The number of aliphatic imine (C=N–C) groups is 1. The van der Waals surface area contributed by atoms with Gasteiger partial charge < -0.3 is 10.6 Å². The maximum atomic E-state index is 13.2. The van der Waals surface area contributed by atoms with Crippen LogP contribution in [0.5, 0.6) is 0 Å². The van der Waals surface area contributed by atoms with Crippen LogP contribution in [0.3, 0.4) is 0 Å². The molecule has 0 saturated heterocycles. The van der Waals surface area contributed by atoms with Crippen LogP contribution in [0.2, 0.25) is 0 Å². The van der Waals surface area contributed by atoms with Gasteiger partial charge in [0.25, 0.3) is 0 Å². The summed E-state index contributed by atoms with van der Waals surface area (Å²) in [6, 6.07) is 11.4. The maximum Gasteiger partial charge on any atom is 0.240 e. The second-order valence-electron chi connectivity index (χ2n) is 6.29. The van der Waals surface area contributed by atoms with Gasteiger partial charge in [-0.25, -0.2) is 22.5 Å². The lowest BCUT2D eigenvalue weighted by Crippen LogP contribution is -2.38. The van der Waals surface area contributed by atoms with Crippen LogP contribution in [-0.4, -0.2) is 34.5 Å². The number of nitrogens with one attached hydrogen (secondary N) is 3. The van der Waals surface area contributed by atoms with Crippen molar-refractivity contribution in [1.82, 2.24) is 15.4 Å². The lowest BCUT2D eigenvalue weighted by Gasteiger charge is -2.12. The molecule has 0 atom stereocenters. The lowest BCUT2D eigenvalue weighted by molar-refractivity contribution is 0.588. The van der Waals surface area contributed by atoms with Crippen molar-refractivity contribution in [2.45, 2.75) is 31.7 Å². The summed E-state index contributed by atoms with van der Waals surface area (Å²) in [5, 5.41) is 6.45. The molecule has 0 heterocycles. The first-order valence-electron chi connectivity index (χ1n) is 9.15. The van der Waals surface area contributed by atoms with E-state index in [0.717, 1.165) is 29.7 Å². The molecule has 0 radical (unpaired) electrons. The molecule has 0 aliphatic carbocycles. The highest BCUT2D eigenvalue weighted by atomic mass is 127. The number of rotatable bonds is 8. The Morgan fingerprint density at radius 2 is 1.79 bits per heavy atom. The van der Waals surface area contributed by atoms with Crippen LogP contribution in [0, 0.1) is 12.7 Å². The predicted molar refractivity (Wildman–Crippen MR) is 126 cm³/mol. The predicted octanol–water partition coefficient (Wildman–Crippen LogP) is 2.96. The second kappa shape index (κ2) is 12.1. The highest BCUT2D eigenvalue weighted by Crippen LogP contribution is 2.11. The SMILES string of the molecule is CCNC(=NCc1ccc(S(=O)(=O)NC)cc1)NCCc1ccc(F)cc1C.I. The molecule has 9 heteroatoms. The molecule has 0 amide bonds. The van der Waals surface area contributed by atoms with E-state index in [9.17, 15) is 12.8 Å². The van der Waals surface area contributed by atoms with Gasteiger partial charge >= 0.3 is 0 Å². The van der Waals surface area contributed by atoms with Crippen LogP contribution in [0.25, 0.3) is 0 Å². The van der Waals surface area contributed by atoms with Gasteiger partial charge in [0.15, 0.2) is 5.96 Å². The molecule has 3 N–H and O–H groups in total. The van der Waals surface area contributed by atoms with Gasteiger partial charge in [-0.15, -0.1) is 24.0 Å². The van der Waals surface area contributed by atoms with Crippen molar-refractivity contribution in [3.63, 3.8) is 0 Å². The van der Waals surface area contributed by atoms with E-state index in [-0.39, 0.29) is 34.7 Å². The minimum Gasteiger partial charge on any atom is -0.357 e. The third kappa shape index (κ3) is 7.90. The lowest BCUT2D eigenvalue weighted by atomic mass is 10.1. The summed E-state index contributed by atoms with van der Waals surface area (Å²) in [5.41, 5.74) is 2.92. The van der Waals surface area contributed by atoms with Gasteiger partial charge in [0.1, 0.15) is 5.82 Å². The number of hydrogen-bond acceptors (Lipinski definition) is 3. The molecule has 2 aromatic rings. The van der Waals surface area contributed by atoms with Crippen LogP contribution in [-0.2, 0) is 23.0 Å². The Hall–Kier alpha value is -1.72. The largest absolute Gasteiger partial charge is 0.357 e. The summed E-state index contributed by atoms with van der Waals surface area (Å²) < 4.78 is 39.0. The van der Waals surface area contributed by atoms with Gasteiger partial charge in [-0.2, -0.15) is 0 Å². The fourth-order valence-corrected chi connectivity index (χ4v) is 3.39. The van der Waals surface area contributed by atoms with Crippen LogP contribution in [0.15, 0.2) is 52.4 Å². The highest BCUT2D eigenvalue weighted by molar-refractivity contribution is 14.0. The van der Waals surface area contributed by atoms with E-state index >= 15 is 0 Å². The zero-order valence-electron chi connectivity index (χ0n) is 16.8. The summed E-state index contributed by atoms with van der Waals surface area (Å²) in [7, 11) is -2.05. The maximum absolute atomic E-state index is 13.2. The first-order valence-corrected chi connectivity index (χ1v) is 10.6. The van der Waals surface area contributed by atoms with E-state index in [1.54, 1.807) is 30.3 Å². The number of hydrogen-bond donors (Lipinski definition) is 3. The van der Waals surface area contributed by atoms with Crippen LogP contribution in [0.1, 0.15) is 23.6 Å². The number of benzene rings is 2. The highest BCUT2D eigenvalue weighted by Gasteiger charge is 2.10. The van der Waals surface area contributed by atoms with E-state index in [0.29, 0.717) is 19.0 Å². The summed E-state index contributed by atoms with van der Waals surface area (Å²) in [6.07, 6.45) is 0.757. The van der Waals surface area contributed by atoms with Crippen LogP contribution in [0.4, 0.5) is 4.39 Å². The van der Waals surface area contributed by atoms with E-state index in [1.807, 2.05) is 13.8 Å². The molecular formula is C20H28FIN4O2S. The summed E-state index contributed by atoms with van der Waals surface area (Å²) in [4.78, 5) is 4.76. The summed E-state index contributed by atoms with van der Waals surface area (Å²) in [5.74, 6) is 0.451. The monoisotopic (exact) mass is 534 g/mol. The molecule has 160 valence electrons. The third-order valence-corrected chi connectivity index (χ3v) is 5.69. The zero-order chi connectivity index (χ0) is 20.6. The second-order valence-corrected chi connectivity index (χ2v) is 8.18. The van der Waals surface area contributed by atoms with Gasteiger partial charge in [0.05, 0.1) is 11.4 Å². The van der Waals surface area contributed by atoms with E-state index in [4.69, 9.17) is 0 Å². The first kappa shape index (κ1) is 25.3. The normalized spacial score (nSPS) is 11.7.